The number of nitrogens with one attached hydrogen (secondary N) is 2. The van der Waals surface area contributed by atoms with Crippen molar-refractivity contribution in [2.45, 2.75) is 26.4 Å². The summed E-state index contributed by atoms with van der Waals surface area (Å²) in [5, 5.41) is 3.03. The molecule has 6 nitrogen and oxygen atoms in total. The van der Waals surface area contributed by atoms with Gasteiger partial charge in [-0.1, -0.05) is 0 Å². The third-order valence-electron chi connectivity index (χ3n) is 2.36. The molecule has 0 amide bonds. The number of aromatic amines is 1. The van der Waals surface area contributed by atoms with Crippen LogP contribution in [0.25, 0.3) is 0 Å². The van der Waals surface area contributed by atoms with Gasteiger partial charge >= 0.3 is 5.69 Å². The fourth-order valence-electron chi connectivity index (χ4n) is 1.58. The van der Waals surface area contributed by atoms with Gasteiger partial charge in [-0.3, -0.25) is 14.3 Å². The second-order valence-electron chi connectivity index (χ2n) is 3.76. The predicted octanol–water partition coefficient (Wildman–Crippen LogP) is 0.302. The number of rotatable bonds is 5. The summed E-state index contributed by atoms with van der Waals surface area (Å²) in [6, 6.07) is 0.108. The Bertz CT molecular complexity index is 494. The first-order valence-electron chi connectivity index (χ1n) is 5.39. The van der Waals surface area contributed by atoms with Gasteiger partial charge in [0.05, 0.1) is 0 Å². The van der Waals surface area contributed by atoms with Crippen LogP contribution in [-0.2, 0) is 6.54 Å². The minimum atomic E-state index is -0.474. The lowest BCUT2D eigenvalue weighted by molar-refractivity contribution is 0.704. The second kappa shape index (κ2) is 5.81. The lowest BCUT2D eigenvalue weighted by Gasteiger charge is -2.16. The minimum absolute atomic E-state index is 0.108. The van der Waals surface area contributed by atoms with Crippen LogP contribution in [0.1, 0.15) is 13.8 Å². The van der Waals surface area contributed by atoms with Gasteiger partial charge in [-0.25, -0.2) is 4.79 Å². The fourth-order valence-corrected chi connectivity index (χ4v) is 2.16. The van der Waals surface area contributed by atoms with Gasteiger partial charge in [0.25, 0.3) is 5.56 Å². The van der Waals surface area contributed by atoms with Crippen LogP contribution in [0.2, 0.25) is 0 Å². The smallest absolute Gasteiger partial charge is 0.330 e. The van der Waals surface area contributed by atoms with Gasteiger partial charge in [0.1, 0.15) is 11.5 Å². The zero-order valence-corrected chi connectivity index (χ0v) is 11.1. The number of hydrogen-bond acceptors (Lipinski definition) is 5. The molecule has 1 rings (SSSR count). The highest BCUT2D eigenvalue weighted by atomic mass is 32.2. The topological polar surface area (TPSA) is 92.9 Å². The predicted molar refractivity (Wildman–Crippen MR) is 72.9 cm³/mol. The molecule has 1 aromatic rings. The third-order valence-corrected chi connectivity index (χ3v) is 3.20. The Kier molecular flexibility index (Phi) is 4.68. The van der Waals surface area contributed by atoms with Crippen LogP contribution in [0, 0.1) is 0 Å². The van der Waals surface area contributed by atoms with Crippen molar-refractivity contribution >= 4 is 23.3 Å². The molecular formula is C10H18N4O2S. The first-order chi connectivity index (χ1) is 8.01. The largest absolute Gasteiger partial charge is 0.383 e. The van der Waals surface area contributed by atoms with E-state index in [0.29, 0.717) is 6.54 Å². The van der Waals surface area contributed by atoms with E-state index in [4.69, 9.17) is 5.73 Å². The molecule has 96 valence electrons. The van der Waals surface area contributed by atoms with Gasteiger partial charge in [-0.2, -0.15) is 11.8 Å². The zero-order chi connectivity index (χ0) is 13.0. The highest BCUT2D eigenvalue weighted by Gasteiger charge is 2.12. The van der Waals surface area contributed by atoms with Crippen LogP contribution in [0.4, 0.5) is 11.5 Å². The van der Waals surface area contributed by atoms with Crippen LogP contribution < -0.4 is 22.3 Å². The maximum atomic E-state index is 11.7. The molecule has 1 aromatic heterocycles. The third kappa shape index (κ3) is 3.06. The standard InChI is InChI=1S/C10H18N4O2S/c1-4-14-8(11)7(9(15)13-10(14)16)12-6(2)5-17-3/h6,12H,4-5,11H2,1-3H3,(H,13,15,16). The Balaban J connectivity index is 3.16. The summed E-state index contributed by atoms with van der Waals surface area (Å²) < 4.78 is 1.33. The summed E-state index contributed by atoms with van der Waals surface area (Å²) in [6.45, 7) is 4.18. The maximum absolute atomic E-state index is 11.7. The normalized spacial score (nSPS) is 12.4. The number of anilines is 2. The highest BCUT2D eigenvalue weighted by Crippen LogP contribution is 2.12. The summed E-state index contributed by atoms with van der Waals surface area (Å²) in [6.07, 6.45) is 1.98. The molecule has 0 aromatic carbocycles. The van der Waals surface area contributed by atoms with E-state index in [1.54, 1.807) is 18.7 Å². The lowest BCUT2D eigenvalue weighted by atomic mass is 10.3. The van der Waals surface area contributed by atoms with Gasteiger partial charge in [0, 0.05) is 18.3 Å². The molecule has 0 aliphatic carbocycles. The van der Waals surface area contributed by atoms with E-state index in [1.165, 1.54) is 4.57 Å². The minimum Gasteiger partial charge on any atom is -0.383 e. The summed E-state index contributed by atoms with van der Waals surface area (Å²) in [7, 11) is 0. The molecule has 17 heavy (non-hydrogen) atoms. The van der Waals surface area contributed by atoms with Crippen LogP contribution in [0.5, 0.6) is 0 Å². The van der Waals surface area contributed by atoms with Gasteiger partial charge in [0.15, 0.2) is 0 Å². The summed E-state index contributed by atoms with van der Waals surface area (Å²) >= 11 is 1.67. The number of nitrogens with zero attached hydrogens (tertiary/aromatic N) is 1. The average Bonchev–Trinajstić information content (AvgIpc) is 2.25. The van der Waals surface area contributed by atoms with Crippen molar-refractivity contribution < 1.29 is 0 Å². The Morgan fingerprint density at radius 2 is 2.18 bits per heavy atom. The van der Waals surface area contributed by atoms with Crippen molar-refractivity contribution in [3.63, 3.8) is 0 Å². The molecule has 0 spiro atoms. The van der Waals surface area contributed by atoms with Crippen molar-refractivity contribution in [1.82, 2.24) is 9.55 Å². The molecule has 1 unspecified atom stereocenters. The maximum Gasteiger partial charge on any atom is 0.330 e. The van der Waals surface area contributed by atoms with Crippen LogP contribution in [-0.4, -0.2) is 27.6 Å². The zero-order valence-electron chi connectivity index (χ0n) is 10.2. The summed E-state index contributed by atoms with van der Waals surface area (Å²) in [4.78, 5) is 25.4. The lowest BCUT2D eigenvalue weighted by Crippen LogP contribution is -2.35. The van der Waals surface area contributed by atoms with Crippen molar-refractivity contribution in [2.75, 3.05) is 23.1 Å². The Labute approximate surface area is 104 Å². The molecule has 0 aliphatic heterocycles. The molecule has 1 heterocycles. The van der Waals surface area contributed by atoms with Crippen LogP contribution >= 0.6 is 11.8 Å². The van der Waals surface area contributed by atoms with Crippen molar-refractivity contribution in [3.05, 3.63) is 20.8 Å². The number of aromatic nitrogens is 2. The van der Waals surface area contributed by atoms with E-state index in [1.807, 2.05) is 13.2 Å². The average molecular weight is 258 g/mol. The van der Waals surface area contributed by atoms with Gasteiger partial charge in [0.2, 0.25) is 0 Å². The molecule has 0 bridgehead atoms. The molecule has 0 saturated carbocycles. The molecule has 1 atom stereocenters. The fraction of sp³-hybridized carbons (Fsp3) is 0.600. The van der Waals surface area contributed by atoms with E-state index in [2.05, 4.69) is 10.3 Å². The monoisotopic (exact) mass is 258 g/mol. The van der Waals surface area contributed by atoms with Crippen molar-refractivity contribution in [2.24, 2.45) is 0 Å². The van der Waals surface area contributed by atoms with Gasteiger partial charge in [-0.05, 0) is 20.1 Å². The van der Waals surface area contributed by atoms with E-state index in [0.717, 1.165) is 5.75 Å². The van der Waals surface area contributed by atoms with Crippen molar-refractivity contribution in [1.29, 1.82) is 0 Å². The first kappa shape index (κ1) is 13.7. The van der Waals surface area contributed by atoms with E-state index >= 15 is 0 Å². The Morgan fingerprint density at radius 3 is 2.71 bits per heavy atom. The molecule has 0 radical (unpaired) electrons. The Hall–Kier alpha value is -1.37. The van der Waals surface area contributed by atoms with Crippen molar-refractivity contribution in [3.8, 4) is 0 Å². The van der Waals surface area contributed by atoms with E-state index < -0.39 is 11.2 Å². The van der Waals surface area contributed by atoms with E-state index in [-0.39, 0.29) is 17.5 Å². The quantitative estimate of drug-likeness (QED) is 0.706. The Morgan fingerprint density at radius 1 is 1.53 bits per heavy atom. The van der Waals surface area contributed by atoms with Crippen LogP contribution in [0.3, 0.4) is 0 Å². The molecular weight excluding hydrogens is 240 g/mol. The van der Waals surface area contributed by atoms with Crippen LogP contribution in [0.15, 0.2) is 9.59 Å². The molecule has 0 aliphatic rings. The molecule has 7 heteroatoms. The van der Waals surface area contributed by atoms with E-state index in [9.17, 15) is 9.59 Å². The highest BCUT2D eigenvalue weighted by molar-refractivity contribution is 7.98. The van der Waals surface area contributed by atoms with Gasteiger partial charge in [-0.15, -0.1) is 0 Å². The molecule has 4 N–H and O–H groups in total. The number of hydrogen-bond donors (Lipinski definition) is 3. The first-order valence-corrected chi connectivity index (χ1v) is 6.78. The number of H-pyrrole nitrogens is 1. The molecule has 0 fully saturated rings. The van der Waals surface area contributed by atoms with Gasteiger partial charge < -0.3 is 11.1 Å². The summed E-state index contributed by atoms with van der Waals surface area (Å²) in [5.74, 6) is 1.04. The summed E-state index contributed by atoms with van der Waals surface area (Å²) in [5.41, 5.74) is 5.14. The SMILES string of the molecule is CCn1c(N)c(NC(C)CSC)c(=O)[nH]c1=O. The number of thioether (sulfide) groups is 1. The number of nitrogen functional groups attached to an aromatic ring is 1. The second-order valence-corrected chi connectivity index (χ2v) is 4.68. The molecule has 0 saturated heterocycles. The number of nitrogens with two attached hydrogens (primary N) is 1.